The number of nitrogens with one attached hydrogen (secondary N) is 1. The third-order valence-electron chi connectivity index (χ3n) is 3.64. The molecule has 0 heterocycles. The molecule has 94 valence electrons. The maximum Gasteiger partial charge on any atom is 0.118 e. The van der Waals surface area contributed by atoms with Crippen LogP contribution in [0, 0.1) is 0 Å². The van der Waals surface area contributed by atoms with Crippen molar-refractivity contribution in [3.8, 4) is 5.75 Å². The number of rotatable bonds is 6. The van der Waals surface area contributed by atoms with Crippen LogP contribution in [0.25, 0.3) is 0 Å². The average Bonchev–Trinajstić information content (AvgIpc) is 2.33. The van der Waals surface area contributed by atoms with Crippen LogP contribution in [-0.2, 0) is 6.42 Å². The van der Waals surface area contributed by atoms with E-state index in [2.05, 4.69) is 17.4 Å². The van der Waals surface area contributed by atoms with E-state index in [1.807, 2.05) is 12.1 Å². The molecule has 0 amide bonds. The van der Waals surface area contributed by atoms with Gasteiger partial charge in [0.15, 0.2) is 0 Å². The lowest BCUT2D eigenvalue weighted by molar-refractivity contribution is 0.215. The zero-order valence-corrected chi connectivity index (χ0v) is 11.1. The van der Waals surface area contributed by atoms with Gasteiger partial charge < -0.3 is 10.1 Å². The highest BCUT2D eigenvalue weighted by molar-refractivity contribution is 6.18. The van der Waals surface area contributed by atoms with Crippen molar-refractivity contribution in [3.63, 3.8) is 0 Å². The van der Waals surface area contributed by atoms with E-state index in [1.54, 1.807) is 7.11 Å². The third-order valence-corrected chi connectivity index (χ3v) is 4.15. The first-order valence-corrected chi connectivity index (χ1v) is 6.75. The monoisotopic (exact) mass is 253 g/mol. The van der Waals surface area contributed by atoms with Gasteiger partial charge in [-0.25, -0.2) is 0 Å². The molecule has 0 radical (unpaired) electrons. The summed E-state index contributed by atoms with van der Waals surface area (Å²) >= 11 is 6.00. The van der Waals surface area contributed by atoms with Gasteiger partial charge in [-0.3, -0.25) is 0 Å². The van der Waals surface area contributed by atoms with Crippen LogP contribution in [0.2, 0.25) is 0 Å². The minimum absolute atomic E-state index is 0.230. The summed E-state index contributed by atoms with van der Waals surface area (Å²) in [6.45, 7) is 0.999. The Morgan fingerprint density at radius 3 is 2.47 bits per heavy atom. The maximum atomic E-state index is 6.00. The first kappa shape index (κ1) is 12.7. The molecule has 1 aliphatic carbocycles. The van der Waals surface area contributed by atoms with Gasteiger partial charge in [-0.2, -0.15) is 0 Å². The summed E-state index contributed by atoms with van der Waals surface area (Å²) in [5, 5.41) is 3.60. The summed E-state index contributed by atoms with van der Waals surface area (Å²) in [4.78, 5) is 0. The van der Waals surface area contributed by atoms with Crippen LogP contribution in [0.5, 0.6) is 5.75 Å². The Bertz CT molecular complexity index is 340. The molecule has 17 heavy (non-hydrogen) atoms. The van der Waals surface area contributed by atoms with Crippen molar-refractivity contribution in [2.75, 3.05) is 19.5 Å². The zero-order valence-electron chi connectivity index (χ0n) is 10.3. The van der Waals surface area contributed by atoms with Gasteiger partial charge in [-0.05, 0) is 49.9 Å². The first-order valence-electron chi connectivity index (χ1n) is 6.22. The van der Waals surface area contributed by atoms with Crippen molar-refractivity contribution in [2.24, 2.45) is 0 Å². The molecule has 1 aromatic rings. The van der Waals surface area contributed by atoms with Crippen LogP contribution < -0.4 is 10.1 Å². The Hall–Kier alpha value is -0.730. The molecular weight excluding hydrogens is 234 g/mol. The van der Waals surface area contributed by atoms with Gasteiger partial charge in [0.2, 0.25) is 0 Å². The highest BCUT2D eigenvalue weighted by Gasteiger charge is 2.34. The van der Waals surface area contributed by atoms with Gasteiger partial charge in [-0.15, -0.1) is 11.6 Å². The van der Waals surface area contributed by atoms with Crippen LogP contribution >= 0.6 is 11.6 Å². The van der Waals surface area contributed by atoms with Crippen LogP contribution in [0.3, 0.4) is 0 Å². The lowest BCUT2D eigenvalue weighted by Crippen LogP contribution is -2.53. The average molecular weight is 254 g/mol. The highest BCUT2D eigenvalue weighted by Crippen LogP contribution is 2.32. The quantitative estimate of drug-likeness (QED) is 0.787. The number of hydrogen-bond donors (Lipinski definition) is 1. The third kappa shape index (κ3) is 3.14. The van der Waals surface area contributed by atoms with E-state index >= 15 is 0 Å². The second-order valence-corrected chi connectivity index (χ2v) is 5.06. The van der Waals surface area contributed by atoms with Gasteiger partial charge >= 0.3 is 0 Å². The predicted molar refractivity (Wildman–Crippen MR) is 72.0 cm³/mol. The summed E-state index contributed by atoms with van der Waals surface area (Å²) in [5.41, 5.74) is 1.57. The van der Waals surface area contributed by atoms with Crippen molar-refractivity contribution in [2.45, 2.75) is 31.2 Å². The van der Waals surface area contributed by atoms with E-state index in [9.17, 15) is 0 Å². The molecule has 1 aliphatic rings. The molecule has 0 aromatic heterocycles. The van der Waals surface area contributed by atoms with Gasteiger partial charge in [0.05, 0.1) is 7.11 Å². The molecule has 1 fully saturated rings. The molecule has 0 spiro atoms. The van der Waals surface area contributed by atoms with E-state index in [1.165, 1.54) is 24.8 Å². The smallest absolute Gasteiger partial charge is 0.118 e. The summed E-state index contributed by atoms with van der Waals surface area (Å²) < 4.78 is 5.14. The maximum absolute atomic E-state index is 6.00. The Morgan fingerprint density at radius 1 is 1.29 bits per heavy atom. The van der Waals surface area contributed by atoms with Crippen molar-refractivity contribution in [1.82, 2.24) is 5.32 Å². The van der Waals surface area contributed by atoms with E-state index in [0.29, 0.717) is 0 Å². The Balaban J connectivity index is 1.77. The topological polar surface area (TPSA) is 21.3 Å². The van der Waals surface area contributed by atoms with Crippen molar-refractivity contribution < 1.29 is 4.74 Å². The van der Waals surface area contributed by atoms with Crippen LogP contribution in [0.4, 0.5) is 0 Å². The normalized spacial score (nSPS) is 17.5. The SMILES string of the molecule is COc1ccc(CCNC2(CCl)CCC2)cc1. The fraction of sp³-hybridized carbons (Fsp3) is 0.571. The van der Waals surface area contributed by atoms with Gasteiger partial charge in [-0.1, -0.05) is 12.1 Å². The molecule has 0 atom stereocenters. The molecule has 0 saturated heterocycles. The van der Waals surface area contributed by atoms with E-state index < -0.39 is 0 Å². The van der Waals surface area contributed by atoms with E-state index in [4.69, 9.17) is 16.3 Å². The second kappa shape index (κ2) is 5.74. The van der Waals surface area contributed by atoms with Crippen LogP contribution in [-0.4, -0.2) is 25.1 Å². The first-order chi connectivity index (χ1) is 8.28. The number of ether oxygens (including phenoxy) is 1. The molecule has 2 nitrogen and oxygen atoms in total. The molecule has 1 N–H and O–H groups in total. The Morgan fingerprint density at radius 2 is 2.00 bits per heavy atom. The molecule has 0 bridgehead atoms. The lowest BCUT2D eigenvalue weighted by Gasteiger charge is -2.41. The van der Waals surface area contributed by atoms with Gasteiger partial charge in [0, 0.05) is 11.4 Å². The minimum Gasteiger partial charge on any atom is -0.497 e. The second-order valence-electron chi connectivity index (χ2n) is 4.79. The summed E-state index contributed by atoms with van der Waals surface area (Å²) in [7, 11) is 1.69. The highest BCUT2D eigenvalue weighted by atomic mass is 35.5. The summed E-state index contributed by atoms with van der Waals surface area (Å²) in [6.07, 6.45) is 4.79. The fourth-order valence-electron chi connectivity index (χ4n) is 2.23. The largest absolute Gasteiger partial charge is 0.497 e. The molecular formula is C14H20ClNO. The fourth-order valence-corrected chi connectivity index (χ4v) is 2.59. The Kier molecular flexibility index (Phi) is 4.30. The number of methoxy groups -OCH3 is 1. The van der Waals surface area contributed by atoms with Crippen molar-refractivity contribution >= 4 is 11.6 Å². The molecule has 2 rings (SSSR count). The lowest BCUT2D eigenvalue weighted by atomic mass is 9.78. The predicted octanol–water partition coefficient (Wildman–Crippen LogP) is 2.99. The minimum atomic E-state index is 0.230. The number of halogens is 1. The zero-order chi connectivity index (χ0) is 12.1. The Labute approximate surface area is 108 Å². The molecule has 0 unspecified atom stereocenters. The summed E-state index contributed by atoms with van der Waals surface area (Å²) in [6, 6.07) is 8.26. The van der Waals surface area contributed by atoms with Crippen LogP contribution in [0.1, 0.15) is 24.8 Å². The van der Waals surface area contributed by atoms with Crippen molar-refractivity contribution in [1.29, 1.82) is 0 Å². The van der Waals surface area contributed by atoms with Gasteiger partial charge in [0.25, 0.3) is 0 Å². The number of hydrogen-bond acceptors (Lipinski definition) is 2. The number of alkyl halides is 1. The van der Waals surface area contributed by atoms with Crippen molar-refractivity contribution in [3.05, 3.63) is 29.8 Å². The standard InChI is InChI=1S/C14H20ClNO/c1-17-13-5-3-12(4-6-13)7-10-16-14(11-15)8-2-9-14/h3-6,16H,2,7-11H2,1H3. The molecule has 1 saturated carbocycles. The summed E-state index contributed by atoms with van der Waals surface area (Å²) in [5.74, 6) is 1.65. The molecule has 0 aliphatic heterocycles. The van der Waals surface area contributed by atoms with Crippen LogP contribution in [0.15, 0.2) is 24.3 Å². The van der Waals surface area contributed by atoms with E-state index in [-0.39, 0.29) is 5.54 Å². The molecule has 1 aromatic carbocycles. The van der Waals surface area contributed by atoms with E-state index in [0.717, 1.165) is 24.6 Å². The molecule has 3 heteroatoms. The van der Waals surface area contributed by atoms with Gasteiger partial charge in [0.1, 0.15) is 5.75 Å². The number of benzene rings is 1.